The van der Waals surface area contributed by atoms with Crippen LogP contribution in [0.25, 0.3) is 10.9 Å². The molecule has 170 valence electrons. The van der Waals surface area contributed by atoms with Gasteiger partial charge in [0, 0.05) is 30.7 Å². The number of alkyl halides is 3. The fraction of sp³-hybridized carbons (Fsp3) is 0.273. The maximum atomic E-state index is 13.1. The van der Waals surface area contributed by atoms with E-state index >= 15 is 0 Å². The van der Waals surface area contributed by atoms with Crippen LogP contribution in [0.4, 0.5) is 13.2 Å². The predicted molar refractivity (Wildman–Crippen MR) is 109 cm³/mol. The highest BCUT2D eigenvalue weighted by Gasteiger charge is 2.44. The molecule has 2 saturated heterocycles. The number of carbonyl (C=O) groups is 2. The second-order valence-corrected chi connectivity index (χ2v) is 7.70. The van der Waals surface area contributed by atoms with Gasteiger partial charge in [0.1, 0.15) is 24.2 Å². The Hall–Kier alpha value is -3.57. The summed E-state index contributed by atoms with van der Waals surface area (Å²) in [5.74, 6) is -0.185. The number of fused-ring (bicyclic) bond motifs is 2. The van der Waals surface area contributed by atoms with Crippen molar-refractivity contribution < 1.29 is 32.2 Å². The number of benzene rings is 1. The van der Waals surface area contributed by atoms with Gasteiger partial charge in [-0.3, -0.25) is 9.59 Å². The number of nitrogens with one attached hydrogen (secondary N) is 1. The molecule has 2 fully saturated rings. The van der Waals surface area contributed by atoms with Gasteiger partial charge in [-0.25, -0.2) is 14.9 Å². The van der Waals surface area contributed by atoms with Crippen LogP contribution in [0, 0.1) is 0 Å². The zero-order chi connectivity index (χ0) is 23.2. The van der Waals surface area contributed by atoms with Crippen molar-refractivity contribution in [3.05, 3.63) is 59.9 Å². The Bertz CT molecular complexity index is 1230. The minimum Gasteiger partial charge on any atom is -0.448 e. The topological polar surface area (TPSA) is 93.7 Å². The van der Waals surface area contributed by atoms with Gasteiger partial charge in [0.15, 0.2) is 5.78 Å². The minimum absolute atomic E-state index is 0.0174. The lowest BCUT2D eigenvalue weighted by Gasteiger charge is -2.33. The molecule has 2 aliphatic heterocycles. The van der Waals surface area contributed by atoms with Crippen molar-refractivity contribution in [2.24, 2.45) is 0 Å². The lowest BCUT2D eigenvalue weighted by atomic mass is 10.0. The van der Waals surface area contributed by atoms with Crippen LogP contribution in [0.3, 0.4) is 0 Å². The van der Waals surface area contributed by atoms with E-state index in [0.717, 1.165) is 12.1 Å². The van der Waals surface area contributed by atoms with Crippen LogP contribution in [-0.2, 0) is 15.7 Å². The maximum Gasteiger partial charge on any atom is 0.417 e. The minimum atomic E-state index is -4.47. The number of ether oxygens (including phenoxy) is 2. The largest absolute Gasteiger partial charge is 0.448 e. The summed E-state index contributed by atoms with van der Waals surface area (Å²) in [6.07, 6.45) is -3.76. The molecule has 0 saturated carbocycles. The third-order valence-corrected chi connectivity index (χ3v) is 5.61. The van der Waals surface area contributed by atoms with E-state index in [2.05, 4.69) is 15.3 Å². The number of halogens is 3. The van der Waals surface area contributed by atoms with Crippen LogP contribution in [-0.4, -0.2) is 58.5 Å². The summed E-state index contributed by atoms with van der Waals surface area (Å²) in [5, 5.41) is 3.77. The van der Waals surface area contributed by atoms with E-state index < -0.39 is 23.8 Å². The smallest absolute Gasteiger partial charge is 0.417 e. The van der Waals surface area contributed by atoms with Crippen molar-refractivity contribution in [1.82, 2.24) is 20.2 Å². The second kappa shape index (κ2) is 8.09. The number of Topliss-reactive ketones (excluding diaryl/α,β-unsaturated/α-hetero) is 1. The van der Waals surface area contributed by atoms with E-state index in [1.54, 1.807) is 35.2 Å². The molecule has 1 N–H and O–H groups in total. The summed E-state index contributed by atoms with van der Waals surface area (Å²) in [4.78, 5) is 34.8. The first-order valence-electron chi connectivity index (χ1n) is 10.1. The van der Waals surface area contributed by atoms with Crippen molar-refractivity contribution in [2.75, 3.05) is 19.8 Å². The summed E-state index contributed by atoms with van der Waals surface area (Å²) < 4.78 is 48.6. The molecule has 2 aromatic heterocycles. The van der Waals surface area contributed by atoms with Crippen LogP contribution in [0.15, 0.2) is 48.7 Å². The zero-order valence-electron chi connectivity index (χ0n) is 17.0. The Labute approximate surface area is 185 Å². The van der Waals surface area contributed by atoms with Gasteiger partial charge in [0.2, 0.25) is 5.88 Å². The molecule has 3 aromatic rings. The second-order valence-electron chi connectivity index (χ2n) is 7.70. The van der Waals surface area contributed by atoms with Gasteiger partial charge in [-0.05, 0) is 30.3 Å². The molecule has 2 unspecified atom stereocenters. The molecule has 11 heteroatoms. The van der Waals surface area contributed by atoms with E-state index in [-0.39, 0.29) is 30.1 Å². The van der Waals surface area contributed by atoms with Crippen LogP contribution in [0.1, 0.15) is 16.1 Å². The van der Waals surface area contributed by atoms with E-state index in [0.29, 0.717) is 35.9 Å². The molecule has 0 spiro atoms. The van der Waals surface area contributed by atoms with Crippen LogP contribution in [0.5, 0.6) is 11.6 Å². The summed E-state index contributed by atoms with van der Waals surface area (Å²) >= 11 is 0. The van der Waals surface area contributed by atoms with Crippen molar-refractivity contribution in [3.63, 3.8) is 0 Å². The average Bonchev–Trinajstić information content (AvgIpc) is 3.19. The first-order valence-corrected chi connectivity index (χ1v) is 10.1. The molecule has 2 atom stereocenters. The molecule has 4 heterocycles. The number of piperazine rings is 1. The monoisotopic (exact) mass is 458 g/mol. The lowest BCUT2D eigenvalue weighted by molar-refractivity contribution is -0.139. The number of cyclic esters (lactones) is 1. The molecule has 0 bridgehead atoms. The first-order chi connectivity index (χ1) is 15.8. The highest BCUT2D eigenvalue weighted by molar-refractivity contribution is 6.01. The number of rotatable bonds is 4. The lowest BCUT2D eigenvalue weighted by Crippen LogP contribution is -2.59. The fourth-order valence-corrected chi connectivity index (χ4v) is 3.89. The number of nitrogens with zero attached hydrogens (tertiary/aromatic N) is 3. The molecule has 5 rings (SSSR count). The first kappa shape index (κ1) is 21.3. The van der Waals surface area contributed by atoms with E-state index in [4.69, 9.17) is 9.47 Å². The number of hydrogen-bond donors (Lipinski definition) is 1. The molecule has 2 aliphatic rings. The van der Waals surface area contributed by atoms with Crippen molar-refractivity contribution in [3.8, 4) is 11.6 Å². The third-order valence-electron chi connectivity index (χ3n) is 5.61. The number of carbonyl (C=O) groups excluding carboxylic acids is 2. The zero-order valence-corrected chi connectivity index (χ0v) is 17.0. The van der Waals surface area contributed by atoms with Gasteiger partial charge in [0.25, 0.3) is 0 Å². The Balaban J connectivity index is 1.34. The molecular weight excluding hydrogens is 441 g/mol. The molecule has 8 nitrogen and oxygen atoms in total. The normalized spacial score (nSPS) is 21.0. The van der Waals surface area contributed by atoms with Crippen molar-refractivity contribution >= 4 is 22.7 Å². The number of ketones is 1. The van der Waals surface area contributed by atoms with E-state index in [9.17, 15) is 22.8 Å². The fourth-order valence-electron chi connectivity index (χ4n) is 3.89. The molecule has 0 amide bonds. The molecule has 33 heavy (non-hydrogen) atoms. The van der Waals surface area contributed by atoms with E-state index in [1.807, 2.05) is 0 Å². The van der Waals surface area contributed by atoms with Crippen molar-refractivity contribution in [2.45, 2.75) is 18.3 Å². The maximum absolute atomic E-state index is 13.1. The highest BCUT2D eigenvalue weighted by Crippen LogP contribution is 2.30. The SMILES string of the molecule is O=C1OCN2C1CNCC2C(=O)c1ccc2cc(Oc3ccc(C(F)(F)F)cn3)ccc2n1. The number of pyridine rings is 2. The number of hydrogen-bond acceptors (Lipinski definition) is 8. The molecule has 0 aliphatic carbocycles. The van der Waals surface area contributed by atoms with Gasteiger partial charge in [-0.2, -0.15) is 13.2 Å². The Morgan fingerprint density at radius 2 is 2.00 bits per heavy atom. The number of aromatic nitrogens is 2. The number of esters is 1. The van der Waals surface area contributed by atoms with Crippen LogP contribution in [0.2, 0.25) is 0 Å². The quantitative estimate of drug-likeness (QED) is 0.471. The highest BCUT2D eigenvalue weighted by atomic mass is 19.4. The van der Waals surface area contributed by atoms with Gasteiger partial charge in [-0.1, -0.05) is 6.07 Å². The predicted octanol–water partition coefficient (Wildman–Crippen LogP) is 2.78. The molecular formula is C22H17F3N4O4. The summed E-state index contributed by atoms with van der Waals surface area (Å²) in [5.41, 5.74) is -0.0610. The standard InChI is InChI=1S/C22H17F3N4O4/c23-22(24,25)13-2-6-19(27-8-13)33-14-3-5-15-12(7-14)1-4-16(28-15)20(30)17-9-26-10-18-21(31)32-11-29(17)18/h1-8,17-18,26H,9-11H2. The molecule has 0 radical (unpaired) electrons. The Kier molecular flexibility index (Phi) is 5.22. The summed E-state index contributed by atoms with van der Waals surface area (Å²) in [6, 6.07) is 9.19. The van der Waals surface area contributed by atoms with E-state index in [1.165, 1.54) is 0 Å². The Morgan fingerprint density at radius 3 is 2.76 bits per heavy atom. The van der Waals surface area contributed by atoms with Gasteiger partial charge < -0.3 is 14.8 Å². The molecule has 1 aromatic carbocycles. The van der Waals surface area contributed by atoms with Gasteiger partial charge >= 0.3 is 12.1 Å². The van der Waals surface area contributed by atoms with Crippen LogP contribution >= 0.6 is 0 Å². The van der Waals surface area contributed by atoms with Crippen molar-refractivity contribution in [1.29, 1.82) is 0 Å². The van der Waals surface area contributed by atoms with Gasteiger partial charge in [0.05, 0.1) is 17.1 Å². The average molecular weight is 458 g/mol. The summed E-state index contributed by atoms with van der Waals surface area (Å²) in [7, 11) is 0. The third kappa shape index (κ3) is 4.12. The Morgan fingerprint density at radius 1 is 1.15 bits per heavy atom. The summed E-state index contributed by atoms with van der Waals surface area (Å²) in [6.45, 7) is 0.900. The van der Waals surface area contributed by atoms with Gasteiger partial charge in [-0.15, -0.1) is 0 Å². The van der Waals surface area contributed by atoms with Crippen LogP contribution < -0.4 is 10.1 Å².